The van der Waals surface area contributed by atoms with E-state index in [2.05, 4.69) is 0 Å². The Labute approximate surface area is 107 Å². The lowest BCUT2D eigenvalue weighted by Crippen LogP contribution is -1.95. The SMILES string of the molecule is [3H][Si]1([3H])C(c2ccccc2)=CC=C1c1ccccc1. The zero-order valence-electron chi connectivity index (χ0n) is 11.4. The second-order valence-electron chi connectivity index (χ2n) is 4.02. The van der Waals surface area contributed by atoms with Crippen molar-refractivity contribution in [3.63, 3.8) is 0 Å². The molecule has 1 heterocycles. The summed E-state index contributed by atoms with van der Waals surface area (Å²) in [7, 11) is -3.06. The first-order chi connectivity index (χ1) is 9.19. The first-order valence-electron chi connectivity index (χ1n) is 6.73. The van der Waals surface area contributed by atoms with Gasteiger partial charge in [-0.1, -0.05) is 83.2 Å². The highest BCUT2D eigenvalue weighted by Gasteiger charge is 2.11. The number of benzene rings is 2. The molecule has 0 aromatic heterocycles. The molecule has 0 atom stereocenters. The maximum atomic E-state index is 8.54. The fourth-order valence-corrected chi connectivity index (χ4v) is 3.21. The smallest absolute Gasteiger partial charge is 0.0628 e. The Bertz CT molecular complexity index is 585. The molecule has 0 radical (unpaired) electrons. The molecule has 0 nitrogen and oxygen atoms in total. The Morgan fingerprint density at radius 3 is 1.47 bits per heavy atom. The summed E-state index contributed by atoms with van der Waals surface area (Å²) < 4.78 is 17.1. The van der Waals surface area contributed by atoms with Gasteiger partial charge in [-0.3, -0.25) is 0 Å². The third kappa shape index (κ3) is 2.15. The highest BCUT2D eigenvalue weighted by atomic mass is 28.2. The molecule has 0 saturated heterocycles. The molecule has 1 aliphatic heterocycles. The molecule has 0 unspecified atom stereocenters. The van der Waals surface area contributed by atoms with E-state index < -0.39 is 9.38 Å². The van der Waals surface area contributed by atoms with Crippen molar-refractivity contribution in [3.8, 4) is 0 Å². The van der Waals surface area contributed by atoms with Gasteiger partial charge in [-0.15, -0.1) is 0 Å². The summed E-state index contributed by atoms with van der Waals surface area (Å²) in [5, 5.41) is 1.74. The van der Waals surface area contributed by atoms with E-state index in [-0.39, 0.29) is 0 Å². The van der Waals surface area contributed by atoms with Crippen LogP contribution >= 0.6 is 0 Å². The van der Waals surface area contributed by atoms with Gasteiger partial charge in [0.2, 0.25) is 0 Å². The van der Waals surface area contributed by atoms with Crippen LogP contribution in [0.2, 0.25) is 0 Å². The quantitative estimate of drug-likeness (QED) is 0.705. The topological polar surface area (TPSA) is 0 Å². The molecule has 0 spiro atoms. The van der Waals surface area contributed by atoms with Gasteiger partial charge in [0.1, 0.15) is 0 Å². The summed E-state index contributed by atoms with van der Waals surface area (Å²) in [6, 6.07) is 19.7. The van der Waals surface area contributed by atoms with Gasteiger partial charge in [0.05, 0.1) is 9.38 Å². The Morgan fingerprint density at radius 1 is 0.647 bits per heavy atom. The molecule has 3 rings (SSSR count). The fraction of sp³-hybridized carbons (Fsp3) is 0. The van der Waals surface area contributed by atoms with E-state index in [1.807, 2.05) is 72.8 Å². The lowest BCUT2D eigenvalue weighted by atomic mass is 10.2. The van der Waals surface area contributed by atoms with Gasteiger partial charge in [-0.05, 0) is 11.1 Å². The monoisotopic (exact) mass is 238 g/mol. The van der Waals surface area contributed by atoms with Crippen molar-refractivity contribution >= 4 is 19.8 Å². The van der Waals surface area contributed by atoms with Crippen molar-refractivity contribution < 1.29 is 0 Å². The van der Waals surface area contributed by atoms with Crippen molar-refractivity contribution in [2.75, 3.05) is 0 Å². The Kier molecular flexibility index (Phi) is 2.21. The largest absolute Gasteiger partial charge is 0.0890 e. The Morgan fingerprint density at radius 2 is 1.06 bits per heavy atom. The molecule has 0 saturated carbocycles. The van der Waals surface area contributed by atoms with Crippen LogP contribution in [0.4, 0.5) is 0 Å². The predicted molar refractivity (Wildman–Crippen MR) is 77.4 cm³/mol. The summed E-state index contributed by atoms with van der Waals surface area (Å²) in [5.41, 5.74) is 2.00. The maximum Gasteiger partial charge on any atom is 0.0890 e. The Balaban J connectivity index is 1.99. The van der Waals surface area contributed by atoms with E-state index in [1.54, 1.807) is 0 Å². The van der Waals surface area contributed by atoms with Crippen LogP contribution in [-0.2, 0) is 0 Å². The predicted octanol–water partition coefficient (Wildman–Crippen LogP) is 3.25. The minimum absolute atomic E-state index is 0.868. The van der Waals surface area contributed by atoms with Crippen molar-refractivity contribution in [1.29, 1.82) is 2.47 Å². The van der Waals surface area contributed by atoms with Crippen LogP contribution in [0.3, 0.4) is 0 Å². The number of hydrogen-bond donors (Lipinski definition) is 0. The van der Waals surface area contributed by atoms with Crippen LogP contribution in [0.1, 0.15) is 11.1 Å². The molecule has 0 bridgehead atoms. The molecule has 0 amide bonds. The van der Waals surface area contributed by atoms with Gasteiger partial charge in [-0.2, -0.15) is 0 Å². The minimum Gasteiger partial charge on any atom is -0.0628 e. The van der Waals surface area contributed by atoms with Gasteiger partial charge < -0.3 is 0 Å². The summed E-state index contributed by atoms with van der Waals surface area (Å²) in [6.45, 7) is 0. The molecule has 0 fully saturated rings. The van der Waals surface area contributed by atoms with Gasteiger partial charge in [0, 0.05) is 2.47 Å². The third-order valence-electron chi connectivity index (χ3n) is 2.86. The first kappa shape index (κ1) is 8.26. The highest BCUT2D eigenvalue weighted by molar-refractivity contribution is 6.80. The first-order valence-corrected chi connectivity index (χ1v) is 6.73. The van der Waals surface area contributed by atoms with Crippen LogP contribution < -0.4 is 0 Å². The zero-order valence-corrected chi connectivity index (χ0v) is 10.4. The molecule has 2 aromatic carbocycles. The molecule has 2 aromatic rings. The van der Waals surface area contributed by atoms with Crippen molar-refractivity contribution in [3.05, 3.63) is 83.9 Å². The summed E-state index contributed by atoms with van der Waals surface area (Å²) in [4.78, 5) is 0. The van der Waals surface area contributed by atoms with Crippen molar-refractivity contribution in [2.24, 2.45) is 0 Å². The average molecular weight is 238 g/mol. The third-order valence-corrected chi connectivity index (χ3v) is 4.30. The minimum atomic E-state index is -3.06. The van der Waals surface area contributed by atoms with E-state index in [4.69, 9.17) is 2.47 Å². The molecule has 17 heavy (non-hydrogen) atoms. The molecule has 1 heteroatoms. The van der Waals surface area contributed by atoms with Crippen molar-refractivity contribution in [2.45, 2.75) is 0 Å². The maximum absolute atomic E-state index is 8.54. The molecule has 0 N–H and O–H groups in total. The van der Waals surface area contributed by atoms with Gasteiger partial charge in [-0.25, -0.2) is 0 Å². The molecule has 1 aliphatic rings. The summed E-state index contributed by atoms with van der Waals surface area (Å²) in [5.74, 6) is 0. The number of allylic oxidation sites excluding steroid dienone is 2. The Hall–Kier alpha value is -1.86. The zero-order chi connectivity index (χ0) is 13.3. The lowest BCUT2D eigenvalue weighted by molar-refractivity contribution is 1.65. The molecule has 82 valence electrons. The summed E-state index contributed by atoms with van der Waals surface area (Å²) >= 11 is 0. The van der Waals surface area contributed by atoms with Crippen molar-refractivity contribution in [1.82, 2.24) is 0 Å². The number of hydrogen-bond acceptors (Lipinski definition) is 0. The van der Waals surface area contributed by atoms with Gasteiger partial charge in [0.25, 0.3) is 0 Å². The van der Waals surface area contributed by atoms with E-state index in [0.29, 0.717) is 0 Å². The van der Waals surface area contributed by atoms with Crippen LogP contribution in [0.15, 0.2) is 72.8 Å². The molecule has 0 aliphatic carbocycles. The van der Waals surface area contributed by atoms with E-state index >= 15 is 0 Å². The van der Waals surface area contributed by atoms with E-state index in [1.165, 1.54) is 0 Å². The molecular weight excluding hydrogens is 220 g/mol. The van der Waals surface area contributed by atoms with Gasteiger partial charge in [0.15, 0.2) is 0 Å². The number of rotatable bonds is 2. The summed E-state index contributed by atoms with van der Waals surface area (Å²) in [6.07, 6.45) is 3.90. The van der Waals surface area contributed by atoms with E-state index in [0.717, 1.165) is 21.5 Å². The fourth-order valence-electron chi connectivity index (χ4n) is 1.97. The normalized spacial score (nSPS) is 19.1. The van der Waals surface area contributed by atoms with Crippen LogP contribution in [0.25, 0.3) is 10.4 Å². The second-order valence-corrected chi connectivity index (χ2v) is 5.35. The molecular formula is C16H14Si. The second kappa shape index (κ2) is 4.56. The highest BCUT2D eigenvalue weighted by Crippen LogP contribution is 2.26. The lowest BCUT2D eigenvalue weighted by Gasteiger charge is -2.05. The average Bonchev–Trinajstić information content (AvgIpc) is 2.76. The van der Waals surface area contributed by atoms with Crippen LogP contribution in [0.5, 0.6) is 0 Å². The van der Waals surface area contributed by atoms with E-state index in [9.17, 15) is 0 Å². The van der Waals surface area contributed by atoms with Crippen LogP contribution in [0, 0.1) is 0 Å². The van der Waals surface area contributed by atoms with Crippen LogP contribution in [-0.4, -0.2) is 11.9 Å². The standard InChI is InChI=1S/C16H14Si/c1-3-7-13(8-4-1)15-11-12-16(17-15)14-9-5-2-6-10-14/h1-12H,17H2/i17T2. The van der Waals surface area contributed by atoms with Gasteiger partial charge >= 0.3 is 0 Å².